The second kappa shape index (κ2) is 7.93. The minimum absolute atomic E-state index is 0.238. The lowest BCUT2D eigenvalue weighted by atomic mass is 9.85. The summed E-state index contributed by atoms with van der Waals surface area (Å²) in [4.78, 5) is 52.4. The van der Waals surface area contributed by atoms with Gasteiger partial charge in [-0.2, -0.15) is 5.01 Å². The minimum Gasteiger partial charge on any atom is -0.291 e. The number of thiophene rings is 1. The number of benzene rings is 1. The van der Waals surface area contributed by atoms with Gasteiger partial charge in [0, 0.05) is 10.6 Å². The Morgan fingerprint density at radius 1 is 1.03 bits per heavy atom. The van der Waals surface area contributed by atoms with Crippen LogP contribution in [0.1, 0.15) is 32.9 Å². The van der Waals surface area contributed by atoms with Gasteiger partial charge in [-0.3, -0.25) is 19.2 Å². The summed E-state index contributed by atoms with van der Waals surface area (Å²) in [6.07, 6.45) is 4.65. The van der Waals surface area contributed by atoms with E-state index in [-0.39, 0.29) is 11.3 Å². The third-order valence-electron chi connectivity index (χ3n) is 5.14. The molecule has 4 rings (SSSR count). The highest BCUT2D eigenvalue weighted by Crippen LogP contribution is 2.36. The summed E-state index contributed by atoms with van der Waals surface area (Å²) in [6, 6.07) is 9.49. The Bertz CT molecular complexity index is 974. The lowest BCUT2D eigenvalue weighted by molar-refractivity contribution is -0.154. The second-order valence-corrected chi connectivity index (χ2v) is 8.30. The molecule has 1 fully saturated rings. The molecule has 2 heterocycles. The van der Waals surface area contributed by atoms with Gasteiger partial charge in [0.05, 0.1) is 16.7 Å². The number of amides is 3. The maximum atomic E-state index is 13.2. The van der Waals surface area contributed by atoms with E-state index in [2.05, 4.69) is 0 Å². The molecule has 6 nitrogen and oxygen atoms in total. The highest BCUT2D eigenvalue weighted by molar-refractivity contribution is 7.12. The number of fused-ring (bicyclic) bond motifs is 1. The molecule has 0 saturated carbocycles. The van der Waals surface area contributed by atoms with Crippen LogP contribution in [-0.4, -0.2) is 40.1 Å². The zero-order valence-electron chi connectivity index (χ0n) is 15.3. The molecule has 8 heteroatoms. The van der Waals surface area contributed by atoms with Crippen LogP contribution in [0.5, 0.6) is 0 Å². The number of carbonyl (C=O) groups is 4. The number of ketones is 1. The topological polar surface area (TPSA) is 74.8 Å². The molecule has 148 valence electrons. The largest absolute Gasteiger partial charge is 0.291 e. The van der Waals surface area contributed by atoms with Gasteiger partial charge in [-0.05, 0) is 48.6 Å². The van der Waals surface area contributed by atoms with E-state index in [0.717, 1.165) is 10.0 Å². The predicted octanol–water partition coefficient (Wildman–Crippen LogP) is 3.59. The first-order valence-electron chi connectivity index (χ1n) is 9.14. The molecule has 1 aliphatic carbocycles. The van der Waals surface area contributed by atoms with Crippen molar-refractivity contribution < 1.29 is 19.2 Å². The number of rotatable bonds is 5. The van der Waals surface area contributed by atoms with Crippen LogP contribution >= 0.6 is 22.9 Å². The van der Waals surface area contributed by atoms with Crippen molar-refractivity contribution in [3.63, 3.8) is 0 Å². The van der Waals surface area contributed by atoms with Crippen molar-refractivity contribution >= 4 is 46.4 Å². The van der Waals surface area contributed by atoms with E-state index >= 15 is 0 Å². The smallest absolute Gasteiger partial charge is 0.273 e. The highest BCUT2D eigenvalue weighted by atomic mass is 35.5. The van der Waals surface area contributed by atoms with Crippen LogP contribution in [-0.2, 0) is 9.59 Å². The number of nitrogens with zero attached hydrogens (tertiary/aromatic N) is 2. The fourth-order valence-electron chi connectivity index (χ4n) is 3.65. The summed E-state index contributed by atoms with van der Waals surface area (Å²) in [5.41, 5.74) is 0.238. The van der Waals surface area contributed by atoms with E-state index in [9.17, 15) is 19.2 Å². The quantitative estimate of drug-likeness (QED) is 0.414. The first kappa shape index (κ1) is 19.5. The van der Waals surface area contributed by atoms with Gasteiger partial charge >= 0.3 is 0 Å². The Hall–Kier alpha value is -2.77. The van der Waals surface area contributed by atoms with Crippen molar-refractivity contribution in [2.24, 2.45) is 11.8 Å². The lowest BCUT2D eigenvalue weighted by Gasteiger charge is -2.30. The third-order valence-corrected chi connectivity index (χ3v) is 6.30. The van der Waals surface area contributed by atoms with Crippen LogP contribution in [0.15, 0.2) is 53.9 Å². The normalized spacial score (nSPS) is 20.7. The molecule has 2 atom stereocenters. The molecule has 2 aromatic rings. The number of hydrogen-bond acceptors (Lipinski definition) is 5. The van der Waals surface area contributed by atoms with Crippen LogP contribution in [0, 0.1) is 11.8 Å². The molecule has 1 saturated heterocycles. The van der Waals surface area contributed by atoms with Crippen LogP contribution in [0.3, 0.4) is 0 Å². The molecule has 0 bridgehead atoms. The van der Waals surface area contributed by atoms with Crippen molar-refractivity contribution in [3.8, 4) is 0 Å². The fourth-order valence-corrected chi connectivity index (χ4v) is 4.43. The number of imide groups is 1. The van der Waals surface area contributed by atoms with Crippen LogP contribution in [0.25, 0.3) is 0 Å². The minimum atomic E-state index is -0.597. The number of hydrogen-bond donors (Lipinski definition) is 0. The highest BCUT2D eigenvalue weighted by Gasteiger charge is 2.51. The van der Waals surface area contributed by atoms with Gasteiger partial charge in [0.2, 0.25) is 0 Å². The summed E-state index contributed by atoms with van der Waals surface area (Å²) >= 11 is 7.14. The van der Waals surface area contributed by atoms with E-state index in [1.807, 2.05) is 12.2 Å². The van der Waals surface area contributed by atoms with Crippen molar-refractivity contribution in [2.75, 3.05) is 6.54 Å². The van der Waals surface area contributed by atoms with Crippen molar-refractivity contribution in [3.05, 3.63) is 69.4 Å². The Kier molecular flexibility index (Phi) is 5.34. The van der Waals surface area contributed by atoms with Gasteiger partial charge in [0.1, 0.15) is 6.54 Å². The summed E-state index contributed by atoms with van der Waals surface area (Å²) in [7, 11) is 0. The number of allylic oxidation sites excluding steroid dienone is 2. The van der Waals surface area contributed by atoms with Gasteiger partial charge in [0.15, 0.2) is 5.78 Å². The molecule has 0 spiro atoms. The molecule has 0 N–H and O–H groups in total. The first-order chi connectivity index (χ1) is 14.0. The molecule has 3 amide bonds. The molecule has 0 unspecified atom stereocenters. The number of hydrazine groups is 1. The molecular weight excluding hydrogens is 412 g/mol. The van der Waals surface area contributed by atoms with Gasteiger partial charge in [-0.15, -0.1) is 11.3 Å². The Labute approximate surface area is 176 Å². The summed E-state index contributed by atoms with van der Waals surface area (Å²) in [5.74, 6) is -2.80. The number of carbonyl (C=O) groups excluding carboxylic acids is 4. The van der Waals surface area contributed by atoms with E-state index in [4.69, 9.17) is 11.6 Å². The summed E-state index contributed by atoms with van der Waals surface area (Å²) in [6.45, 7) is -0.397. The van der Waals surface area contributed by atoms with Crippen molar-refractivity contribution in [1.29, 1.82) is 0 Å². The fraction of sp³-hybridized carbons (Fsp3) is 0.238. The molecule has 1 aliphatic heterocycles. The number of halogens is 1. The average molecular weight is 429 g/mol. The molecule has 1 aromatic heterocycles. The van der Waals surface area contributed by atoms with Gasteiger partial charge < -0.3 is 0 Å². The van der Waals surface area contributed by atoms with E-state index in [0.29, 0.717) is 22.7 Å². The molecule has 1 aromatic carbocycles. The SMILES string of the molecule is O=C(CN(C(=O)c1ccc(Cl)cc1)N1C(=O)[C@H]2CC=CC[C@@H]2C1=O)c1cccs1. The number of Topliss-reactive ketones (excluding diaryl/α,β-unsaturated/α-hetero) is 1. The van der Waals surface area contributed by atoms with Gasteiger partial charge in [-0.1, -0.05) is 29.8 Å². The Morgan fingerprint density at radius 3 is 2.21 bits per heavy atom. The lowest BCUT2D eigenvalue weighted by Crippen LogP contribution is -2.52. The van der Waals surface area contributed by atoms with Crippen molar-refractivity contribution in [1.82, 2.24) is 10.0 Å². The molecule has 0 radical (unpaired) electrons. The zero-order valence-corrected chi connectivity index (χ0v) is 16.9. The maximum absolute atomic E-state index is 13.2. The average Bonchev–Trinajstić information content (AvgIpc) is 3.35. The monoisotopic (exact) mass is 428 g/mol. The summed E-state index contributed by atoms with van der Waals surface area (Å²) < 4.78 is 0. The van der Waals surface area contributed by atoms with E-state index < -0.39 is 36.1 Å². The van der Waals surface area contributed by atoms with E-state index in [1.54, 1.807) is 29.6 Å². The molecule has 2 aliphatic rings. The Balaban J connectivity index is 1.69. The summed E-state index contributed by atoms with van der Waals surface area (Å²) in [5, 5.41) is 4.07. The Morgan fingerprint density at radius 2 is 1.66 bits per heavy atom. The van der Waals surface area contributed by atoms with Gasteiger partial charge in [-0.25, -0.2) is 5.01 Å². The predicted molar refractivity (Wildman–Crippen MR) is 108 cm³/mol. The first-order valence-corrected chi connectivity index (χ1v) is 10.4. The molecular formula is C21H17ClN2O4S. The zero-order chi connectivity index (χ0) is 20.5. The van der Waals surface area contributed by atoms with Crippen molar-refractivity contribution in [2.45, 2.75) is 12.8 Å². The van der Waals surface area contributed by atoms with Crippen LogP contribution in [0.4, 0.5) is 0 Å². The molecule has 29 heavy (non-hydrogen) atoms. The van der Waals surface area contributed by atoms with Crippen LogP contribution < -0.4 is 0 Å². The third kappa shape index (κ3) is 3.63. The van der Waals surface area contributed by atoms with Crippen LogP contribution in [0.2, 0.25) is 5.02 Å². The van der Waals surface area contributed by atoms with E-state index in [1.165, 1.54) is 23.5 Å². The standard InChI is InChI=1S/C21H17ClN2O4S/c22-14-9-7-13(8-10-14)19(26)23(12-17(25)18-6-3-11-29-18)24-20(27)15-4-1-2-5-16(15)21(24)28/h1-3,6-11,15-16H,4-5,12H2/t15-,16-/m0/s1. The second-order valence-electron chi connectivity index (χ2n) is 6.91. The maximum Gasteiger partial charge on any atom is 0.273 e. The van der Waals surface area contributed by atoms with Gasteiger partial charge in [0.25, 0.3) is 17.7 Å².